The van der Waals surface area contributed by atoms with Crippen molar-refractivity contribution in [3.05, 3.63) is 64.7 Å². The van der Waals surface area contributed by atoms with Crippen LogP contribution in [0.3, 0.4) is 0 Å². The number of hydrogen-bond donors (Lipinski definition) is 0. The number of halogens is 1. The summed E-state index contributed by atoms with van der Waals surface area (Å²) in [6, 6.07) is 13.7. The zero-order valence-electron chi connectivity index (χ0n) is 12.4. The predicted molar refractivity (Wildman–Crippen MR) is 89.7 cm³/mol. The van der Waals surface area contributed by atoms with Gasteiger partial charge in [0.1, 0.15) is 0 Å². The first-order valence-electron chi connectivity index (χ1n) is 7.13. The van der Waals surface area contributed by atoms with Crippen LogP contribution < -0.4 is 4.31 Å². The molecule has 1 aliphatic heterocycles. The first-order chi connectivity index (χ1) is 10.9. The molecule has 0 N–H and O–H groups in total. The molecule has 1 heterocycles. The topological polar surface area (TPSA) is 57.7 Å². The Kier molecular flexibility index (Phi) is 4.04. The third-order valence-corrected chi connectivity index (χ3v) is 5.83. The highest BCUT2D eigenvalue weighted by Gasteiger charge is 2.40. The standard InChI is InChI=1S/C16H15ClN2O3S/c1-2-18-16(20)14-5-3-4-6-15(14)19(23(18,21)22)11-12-7-9-13(17)10-8-12/h3-10H,2,11H2,1H3. The molecule has 2 aromatic rings. The second-order valence-electron chi connectivity index (χ2n) is 5.13. The highest BCUT2D eigenvalue weighted by atomic mass is 35.5. The zero-order valence-corrected chi connectivity index (χ0v) is 14.0. The summed E-state index contributed by atoms with van der Waals surface area (Å²) in [5.74, 6) is -0.490. The number of para-hydroxylation sites is 1. The van der Waals surface area contributed by atoms with Crippen LogP contribution >= 0.6 is 11.6 Å². The van der Waals surface area contributed by atoms with Crippen molar-refractivity contribution < 1.29 is 13.2 Å². The van der Waals surface area contributed by atoms with Gasteiger partial charge in [0.15, 0.2) is 0 Å². The Labute approximate surface area is 140 Å². The van der Waals surface area contributed by atoms with Gasteiger partial charge in [-0.3, -0.25) is 4.79 Å². The molecule has 0 aromatic heterocycles. The molecule has 5 nitrogen and oxygen atoms in total. The van der Waals surface area contributed by atoms with E-state index in [0.29, 0.717) is 16.3 Å². The molecule has 1 amide bonds. The molecule has 0 radical (unpaired) electrons. The molecule has 3 rings (SSSR count). The Morgan fingerprint density at radius 3 is 2.30 bits per heavy atom. The summed E-state index contributed by atoms with van der Waals surface area (Å²) in [6.07, 6.45) is 0. The van der Waals surface area contributed by atoms with Crippen molar-refractivity contribution in [2.75, 3.05) is 10.8 Å². The van der Waals surface area contributed by atoms with E-state index < -0.39 is 16.1 Å². The Morgan fingerprint density at radius 2 is 1.65 bits per heavy atom. The fraction of sp³-hybridized carbons (Fsp3) is 0.188. The van der Waals surface area contributed by atoms with Gasteiger partial charge in [-0.2, -0.15) is 8.42 Å². The maximum Gasteiger partial charge on any atom is 0.329 e. The number of anilines is 1. The number of fused-ring (bicyclic) bond motifs is 1. The average molecular weight is 351 g/mol. The van der Waals surface area contributed by atoms with Crippen LogP contribution in [-0.4, -0.2) is 25.2 Å². The van der Waals surface area contributed by atoms with E-state index in [1.54, 1.807) is 55.5 Å². The summed E-state index contributed by atoms with van der Waals surface area (Å²) < 4.78 is 27.7. The fourth-order valence-corrected chi connectivity index (χ4v) is 4.30. The lowest BCUT2D eigenvalue weighted by Crippen LogP contribution is -2.50. The molecule has 0 atom stereocenters. The lowest BCUT2D eigenvalue weighted by atomic mass is 10.1. The number of nitrogens with zero attached hydrogens (tertiary/aromatic N) is 2. The number of carbonyl (C=O) groups is 1. The molecule has 0 saturated heterocycles. The molecule has 23 heavy (non-hydrogen) atoms. The number of benzene rings is 2. The van der Waals surface area contributed by atoms with E-state index in [1.165, 1.54) is 4.31 Å². The van der Waals surface area contributed by atoms with Gasteiger partial charge in [0.05, 0.1) is 17.8 Å². The molecular weight excluding hydrogens is 336 g/mol. The summed E-state index contributed by atoms with van der Waals surface area (Å²) in [7, 11) is -3.90. The van der Waals surface area contributed by atoms with Crippen molar-refractivity contribution >= 4 is 33.4 Å². The Hall–Kier alpha value is -2.05. The minimum absolute atomic E-state index is 0.0899. The number of rotatable bonds is 3. The van der Waals surface area contributed by atoms with Crippen LogP contribution in [0.4, 0.5) is 5.69 Å². The monoisotopic (exact) mass is 350 g/mol. The maximum absolute atomic E-state index is 12.8. The van der Waals surface area contributed by atoms with E-state index in [-0.39, 0.29) is 13.1 Å². The molecule has 0 spiro atoms. The second-order valence-corrected chi connectivity index (χ2v) is 7.34. The van der Waals surface area contributed by atoms with Crippen molar-refractivity contribution in [3.8, 4) is 0 Å². The van der Waals surface area contributed by atoms with Crippen LogP contribution in [0.15, 0.2) is 48.5 Å². The van der Waals surface area contributed by atoms with E-state index in [2.05, 4.69) is 0 Å². The highest BCUT2D eigenvalue weighted by molar-refractivity contribution is 7.91. The van der Waals surface area contributed by atoms with Crippen molar-refractivity contribution in [2.24, 2.45) is 0 Å². The van der Waals surface area contributed by atoms with Crippen LogP contribution in [0.1, 0.15) is 22.8 Å². The van der Waals surface area contributed by atoms with Gasteiger partial charge in [-0.15, -0.1) is 0 Å². The Balaban J connectivity index is 2.11. The lowest BCUT2D eigenvalue weighted by Gasteiger charge is -2.36. The maximum atomic E-state index is 12.8. The van der Waals surface area contributed by atoms with Gasteiger partial charge < -0.3 is 0 Å². The van der Waals surface area contributed by atoms with Crippen molar-refractivity contribution in [2.45, 2.75) is 13.5 Å². The van der Waals surface area contributed by atoms with Gasteiger partial charge in [0, 0.05) is 11.6 Å². The van der Waals surface area contributed by atoms with E-state index in [1.807, 2.05) is 0 Å². The fourth-order valence-electron chi connectivity index (χ4n) is 2.58. The molecule has 0 fully saturated rings. The number of amides is 1. The molecular formula is C16H15ClN2O3S. The zero-order chi connectivity index (χ0) is 16.6. The van der Waals surface area contributed by atoms with E-state index in [0.717, 1.165) is 9.87 Å². The van der Waals surface area contributed by atoms with Crippen molar-refractivity contribution in [1.82, 2.24) is 4.31 Å². The summed E-state index contributed by atoms with van der Waals surface area (Å²) in [4.78, 5) is 12.4. The van der Waals surface area contributed by atoms with E-state index >= 15 is 0 Å². The average Bonchev–Trinajstić information content (AvgIpc) is 2.53. The molecule has 1 aliphatic rings. The summed E-state index contributed by atoms with van der Waals surface area (Å²) in [5, 5.41) is 0.584. The smallest absolute Gasteiger partial charge is 0.268 e. The van der Waals surface area contributed by atoms with Gasteiger partial charge in [-0.25, -0.2) is 8.61 Å². The third kappa shape index (κ3) is 2.68. The number of hydrogen-bond acceptors (Lipinski definition) is 3. The summed E-state index contributed by atoms with van der Waals surface area (Å²) in [5.41, 5.74) is 1.58. The van der Waals surface area contributed by atoms with Gasteiger partial charge in [-0.1, -0.05) is 35.9 Å². The SMILES string of the molecule is CCN1C(=O)c2ccccc2N(Cc2ccc(Cl)cc2)S1(=O)=O. The minimum Gasteiger partial charge on any atom is -0.268 e. The minimum atomic E-state index is -3.90. The molecule has 0 aliphatic carbocycles. The van der Waals surface area contributed by atoms with E-state index in [4.69, 9.17) is 11.6 Å². The molecule has 0 saturated carbocycles. The molecule has 7 heteroatoms. The third-order valence-electron chi connectivity index (χ3n) is 3.71. The summed E-state index contributed by atoms with van der Waals surface area (Å²) >= 11 is 5.87. The van der Waals surface area contributed by atoms with Crippen molar-refractivity contribution in [3.63, 3.8) is 0 Å². The normalized spacial score (nSPS) is 16.3. The lowest BCUT2D eigenvalue weighted by molar-refractivity contribution is 0.0862. The molecule has 0 bridgehead atoms. The largest absolute Gasteiger partial charge is 0.329 e. The first kappa shape index (κ1) is 15.8. The molecule has 0 unspecified atom stereocenters. The van der Waals surface area contributed by atoms with Crippen LogP contribution in [0.5, 0.6) is 0 Å². The van der Waals surface area contributed by atoms with Crippen LogP contribution in [-0.2, 0) is 16.8 Å². The summed E-state index contributed by atoms with van der Waals surface area (Å²) in [6.45, 7) is 1.87. The molecule has 120 valence electrons. The van der Waals surface area contributed by atoms with Gasteiger partial charge >= 0.3 is 10.2 Å². The van der Waals surface area contributed by atoms with Gasteiger partial charge in [0.2, 0.25) is 0 Å². The number of carbonyl (C=O) groups excluding carboxylic acids is 1. The first-order valence-corrected chi connectivity index (χ1v) is 8.91. The van der Waals surface area contributed by atoms with Crippen LogP contribution in [0.25, 0.3) is 0 Å². The van der Waals surface area contributed by atoms with Gasteiger partial charge in [0.25, 0.3) is 5.91 Å². The molecule has 2 aromatic carbocycles. The van der Waals surface area contributed by atoms with Crippen LogP contribution in [0, 0.1) is 0 Å². The second kappa shape index (κ2) is 5.86. The Morgan fingerprint density at radius 1 is 1.00 bits per heavy atom. The Bertz CT molecular complexity index is 850. The quantitative estimate of drug-likeness (QED) is 0.854. The van der Waals surface area contributed by atoms with Gasteiger partial charge in [-0.05, 0) is 36.8 Å². The van der Waals surface area contributed by atoms with Crippen molar-refractivity contribution in [1.29, 1.82) is 0 Å². The van der Waals surface area contributed by atoms with E-state index in [9.17, 15) is 13.2 Å². The van der Waals surface area contributed by atoms with Crippen LogP contribution in [0.2, 0.25) is 5.02 Å². The predicted octanol–water partition coefficient (Wildman–Crippen LogP) is 3.07. The highest BCUT2D eigenvalue weighted by Crippen LogP contribution is 2.33.